The zero-order chi connectivity index (χ0) is 24.1. The van der Waals surface area contributed by atoms with Crippen LogP contribution in [0.1, 0.15) is 19.4 Å². The maximum atomic E-state index is 13.7. The minimum atomic E-state index is 0. The first-order valence-corrected chi connectivity index (χ1v) is 12.4. The topological polar surface area (TPSA) is 54.9 Å². The molecule has 6 nitrogen and oxygen atoms in total. The molecular weight excluding hydrogens is 482 g/mol. The molecule has 1 heterocycles. The van der Waals surface area contributed by atoms with Crippen molar-refractivity contribution >= 4 is 55.8 Å². The molecule has 0 spiro atoms. The first-order chi connectivity index (χ1) is 16.6. The van der Waals surface area contributed by atoms with Crippen LogP contribution in [-0.4, -0.2) is 56.2 Å². The number of fused-ring (bicyclic) bond motifs is 2. The fraction of sp³-hybridized carbons (Fsp3) is 0.333. The lowest BCUT2D eigenvalue weighted by Crippen LogP contribution is -2.39. The third-order valence-electron chi connectivity index (χ3n) is 6.19. The summed E-state index contributed by atoms with van der Waals surface area (Å²) < 4.78 is 12.0. The number of thiazole rings is 1. The number of halogens is 1. The van der Waals surface area contributed by atoms with E-state index in [1.807, 2.05) is 41.3 Å². The molecule has 0 radical (unpaired) electrons. The van der Waals surface area contributed by atoms with Crippen LogP contribution in [0.2, 0.25) is 0 Å². The van der Waals surface area contributed by atoms with Crippen molar-refractivity contribution in [3.8, 4) is 11.5 Å². The van der Waals surface area contributed by atoms with Crippen molar-refractivity contribution in [2.24, 2.45) is 0 Å². The Morgan fingerprint density at radius 1 is 0.914 bits per heavy atom. The first kappa shape index (κ1) is 26.7. The lowest BCUT2D eigenvalue weighted by Gasteiger charge is -2.25. The second-order valence-corrected chi connectivity index (χ2v) is 9.01. The molecule has 35 heavy (non-hydrogen) atoms. The Morgan fingerprint density at radius 3 is 2.31 bits per heavy atom. The average Bonchev–Trinajstić information content (AvgIpc) is 3.31. The predicted octanol–water partition coefficient (Wildman–Crippen LogP) is 5.81. The summed E-state index contributed by atoms with van der Waals surface area (Å²) >= 11 is 1.47. The highest BCUT2D eigenvalue weighted by molar-refractivity contribution is 7.22. The molecule has 0 bridgehead atoms. The molecule has 0 atom stereocenters. The van der Waals surface area contributed by atoms with Crippen LogP contribution in [0, 0.1) is 0 Å². The number of methoxy groups -OCH3 is 2. The molecule has 8 heteroatoms. The highest BCUT2D eigenvalue weighted by Crippen LogP contribution is 2.40. The normalized spacial score (nSPS) is 11.0. The number of anilines is 1. The Kier molecular flexibility index (Phi) is 9.32. The molecule has 186 valence electrons. The van der Waals surface area contributed by atoms with Crippen molar-refractivity contribution in [2.75, 3.05) is 45.3 Å². The van der Waals surface area contributed by atoms with Gasteiger partial charge in [-0.3, -0.25) is 9.69 Å². The van der Waals surface area contributed by atoms with E-state index < -0.39 is 0 Å². The number of benzene rings is 3. The molecule has 0 unspecified atom stereocenters. The van der Waals surface area contributed by atoms with Gasteiger partial charge in [0, 0.05) is 13.1 Å². The van der Waals surface area contributed by atoms with Gasteiger partial charge in [-0.2, -0.15) is 0 Å². The Hall–Kier alpha value is -2.87. The van der Waals surface area contributed by atoms with E-state index in [1.54, 1.807) is 14.2 Å². The first-order valence-electron chi connectivity index (χ1n) is 11.6. The van der Waals surface area contributed by atoms with Gasteiger partial charge < -0.3 is 14.4 Å². The number of hydrogen-bond donors (Lipinski definition) is 0. The van der Waals surface area contributed by atoms with Crippen LogP contribution in [0.4, 0.5) is 5.13 Å². The molecule has 0 aliphatic carbocycles. The number of rotatable bonds is 10. The Labute approximate surface area is 216 Å². The van der Waals surface area contributed by atoms with Crippen molar-refractivity contribution in [2.45, 2.75) is 20.3 Å². The van der Waals surface area contributed by atoms with Gasteiger partial charge in [-0.15, -0.1) is 12.4 Å². The summed E-state index contributed by atoms with van der Waals surface area (Å²) in [5.41, 5.74) is 1.74. The summed E-state index contributed by atoms with van der Waals surface area (Å²) in [4.78, 5) is 22.7. The van der Waals surface area contributed by atoms with E-state index in [0.29, 0.717) is 29.4 Å². The number of ether oxygens (including phenoxy) is 2. The summed E-state index contributed by atoms with van der Waals surface area (Å²) in [5.74, 6) is 1.42. The fourth-order valence-corrected chi connectivity index (χ4v) is 5.32. The SMILES string of the molecule is CCN(CC)CCN(C(=O)Cc1cccc2ccccc12)c1nc2c(OC)ccc(OC)c2s1.Cl. The number of likely N-dealkylation sites (N-methyl/N-ethyl adjacent to an activating group) is 1. The quantitative estimate of drug-likeness (QED) is 0.268. The van der Waals surface area contributed by atoms with E-state index in [4.69, 9.17) is 14.5 Å². The monoisotopic (exact) mass is 513 g/mol. The van der Waals surface area contributed by atoms with Crippen molar-refractivity contribution in [1.29, 1.82) is 0 Å². The number of carbonyl (C=O) groups excluding carboxylic acids is 1. The van der Waals surface area contributed by atoms with Crippen molar-refractivity contribution in [1.82, 2.24) is 9.88 Å². The zero-order valence-corrected chi connectivity index (χ0v) is 22.2. The molecule has 0 aliphatic heterocycles. The van der Waals surface area contributed by atoms with E-state index in [0.717, 1.165) is 46.4 Å². The Morgan fingerprint density at radius 2 is 1.60 bits per heavy atom. The van der Waals surface area contributed by atoms with Crippen LogP contribution in [0.25, 0.3) is 21.0 Å². The predicted molar refractivity (Wildman–Crippen MR) is 148 cm³/mol. The average molecular weight is 514 g/mol. The summed E-state index contributed by atoms with van der Waals surface area (Å²) in [6.45, 7) is 7.49. The second-order valence-electron chi connectivity index (χ2n) is 8.03. The third-order valence-corrected chi connectivity index (χ3v) is 7.28. The van der Waals surface area contributed by atoms with Gasteiger partial charge in [0.25, 0.3) is 0 Å². The van der Waals surface area contributed by atoms with Crippen LogP contribution in [-0.2, 0) is 11.2 Å². The molecule has 0 aliphatic rings. The van der Waals surface area contributed by atoms with E-state index >= 15 is 0 Å². The molecule has 1 aromatic heterocycles. The van der Waals surface area contributed by atoms with Gasteiger partial charge in [0.05, 0.1) is 20.6 Å². The third kappa shape index (κ3) is 5.69. The lowest BCUT2D eigenvalue weighted by atomic mass is 10.0. The van der Waals surface area contributed by atoms with Gasteiger partial charge >= 0.3 is 0 Å². The van der Waals surface area contributed by atoms with Crippen LogP contribution >= 0.6 is 23.7 Å². The molecule has 1 amide bonds. The highest BCUT2D eigenvalue weighted by Gasteiger charge is 2.23. The summed E-state index contributed by atoms with van der Waals surface area (Å²) in [5, 5.41) is 2.90. The van der Waals surface area contributed by atoms with Gasteiger partial charge in [0.15, 0.2) is 5.13 Å². The van der Waals surface area contributed by atoms with Gasteiger partial charge in [-0.1, -0.05) is 67.6 Å². The van der Waals surface area contributed by atoms with Crippen LogP contribution in [0.3, 0.4) is 0 Å². The van der Waals surface area contributed by atoms with Gasteiger partial charge in [0.1, 0.15) is 21.7 Å². The maximum absolute atomic E-state index is 13.7. The molecule has 4 rings (SSSR count). The lowest BCUT2D eigenvalue weighted by molar-refractivity contribution is -0.118. The molecule has 0 saturated carbocycles. The molecule has 0 fully saturated rings. The number of amides is 1. The van der Waals surface area contributed by atoms with Gasteiger partial charge in [-0.25, -0.2) is 4.98 Å². The number of nitrogens with zero attached hydrogens (tertiary/aromatic N) is 3. The van der Waals surface area contributed by atoms with Crippen LogP contribution in [0.15, 0.2) is 54.6 Å². The number of aromatic nitrogens is 1. The van der Waals surface area contributed by atoms with Crippen molar-refractivity contribution in [3.05, 3.63) is 60.2 Å². The minimum absolute atomic E-state index is 0. The number of hydrogen-bond acceptors (Lipinski definition) is 6. The van der Waals surface area contributed by atoms with Gasteiger partial charge in [-0.05, 0) is 41.6 Å². The molecular formula is C27H32ClN3O3S. The van der Waals surface area contributed by atoms with E-state index in [1.165, 1.54) is 11.3 Å². The number of carbonyl (C=O) groups is 1. The van der Waals surface area contributed by atoms with Crippen LogP contribution < -0.4 is 14.4 Å². The zero-order valence-electron chi connectivity index (χ0n) is 20.6. The largest absolute Gasteiger partial charge is 0.495 e. The van der Waals surface area contributed by atoms with E-state index in [9.17, 15) is 4.79 Å². The van der Waals surface area contributed by atoms with Crippen molar-refractivity contribution < 1.29 is 14.3 Å². The van der Waals surface area contributed by atoms with Crippen LogP contribution in [0.5, 0.6) is 11.5 Å². The smallest absolute Gasteiger partial charge is 0.233 e. The standard InChI is InChI=1S/C27H31N3O3S.ClH/c1-5-29(6-2)16-17-30(24(31)18-20-12-9-11-19-10-7-8-13-21(19)20)27-28-25-22(32-3)14-15-23(33-4)26(25)34-27;/h7-15H,5-6,16-18H2,1-4H3;1H. The van der Waals surface area contributed by atoms with E-state index in [2.05, 4.69) is 36.9 Å². The van der Waals surface area contributed by atoms with Gasteiger partial charge in [0.2, 0.25) is 5.91 Å². The fourth-order valence-electron chi connectivity index (χ4n) is 4.20. The summed E-state index contributed by atoms with van der Waals surface area (Å²) in [6, 6.07) is 18.0. The maximum Gasteiger partial charge on any atom is 0.233 e. The molecule has 4 aromatic rings. The highest BCUT2D eigenvalue weighted by atomic mass is 35.5. The molecule has 0 N–H and O–H groups in total. The Balaban J connectivity index is 0.00000342. The van der Waals surface area contributed by atoms with E-state index in [-0.39, 0.29) is 18.3 Å². The summed E-state index contributed by atoms with van der Waals surface area (Å²) in [7, 11) is 3.27. The molecule has 3 aromatic carbocycles. The van der Waals surface area contributed by atoms with Crippen molar-refractivity contribution in [3.63, 3.8) is 0 Å². The second kappa shape index (κ2) is 12.2. The summed E-state index contributed by atoms with van der Waals surface area (Å²) in [6.07, 6.45) is 0.309. The minimum Gasteiger partial charge on any atom is -0.495 e. The molecule has 0 saturated heterocycles. The Bertz CT molecular complexity index is 1240.